The molecule has 2 heterocycles. The third-order valence-corrected chi connectivity index (χ3v) is 6.06. The molecule has 0 atom stereocenters. The Kier molecular flexibility index (Phi) is 4.56. The Labute approximate surface area is 152 Å². The van der Waals surface area contributed by atoms with E-state index in [0.717, 1.165) is 18.6 Å². The van der Waals surface area contributed by atoms with Gasteiger partial charge in [-0.3, -0.25) is 0 Å². The molecule has 0 saturated heterocycles. The van der Waals surface area contributed by atoms with Crippen molar-refractivity contribution in [2.45, 2.75) is 38.2 Å². The molecule has 4 rings (SSSR count). The largest absolute Gasteiger partial charge is 0.490 e. The highest BCUT2D eigenvalue weighted by Crippen LogP contribution is 2.30. The van der Waals surface area contributed by atoms with Crippen LogP contribution >= 0.6 is 0 Å². The smallest absolute Gasteiger partial charge is 0.256 e. The summed E-state index contributed by atoms with van der Waals surface area (Å²) in [5, 5.41) is 0. The monoisotopic (exact) mass is 376 g/mol. The molecule has 1 fully saturated rings. The lowest BCUT2D eigenvalue weighted by molar-refractivity contribution is 0.155. The maximum Gasteiger partial charge on any atom is 0.256 e. The Morgan fingerprint density at radius 2 is 1.85 bits per heavy atom. The van der Waals surface area contributed by atoms with Crippen molar-refractivity contribution in [3.05, 3.63) is 47.9 Å². The van der Waals surface area contributed by atoms with Crippen LogP contribution in [0.25, 0.3) is 5.57 Å². The minimum atomic E-state index is -3.51. The van der Waals surface area contributed by atoms with Crippen LogP contribution in [-0.4, -0.2) is 37.6 Å². The van der Waals surface area contributed by atoms with Crippen LogP contribution in [0.15, 0.2) is 46.8 Å². The fourth-order valence-electron chi connectivity index (χ4n) is 3.57. The quantitative estimate of drug-likeness (QED) is 0.808. The molecule has 1 aliphatic carbocycles. The predicted molar refractivity (Wildman–Crippen MR) is 99.0 cm³/mol. The van der Waals surface area contributed by atoms with Gasteiger partial charge < -0.3 is 9.64 Å². The molecule has 0 radical (unpaired) electrons. The average Bonchev–Trinajstić information content (AvgIpc) is 2.63. The minimum absolute atomic E-state index is 0.109. The summed E-state index contributed by atoms with van der Waals surface area (Å²) in [4.78, 5) is 1.55. The van der Waals surface area contributed by atoms with Gasteiger partial charge in [0.25, 0.3) is 10.0 Å². The SMILES string of the molecule is O=S1(=O)CCN2C=C(F)C=C(c3ccc(OC4CCCCC4)cc3)C2=N1. The van der Waals surface area contributed by atoms with Crippen molar-refractivity contribution in [3.63, 3.8) is 0 Å². The number of fused-ring (bicyclic) bond motifs is 1. The molecule has 0 N–H and O–H groups in total. The summed E-state index contributed by atoms with van der Waals surface area (Å²) in [7, 11) is -3.51. The zero-order valence-electron chi connectivity index (χ0n) is 14.4. The first-order chi connectivity index (χ1) is 12.5. The average molecular weight is 376 g/mol. The summed E-state index contributed by atoms with van der Waals surface area (Å²) in [6, 6.07) is 7.35. The molecule has 0 unspecified atom stereocenters. The van der Waals surface area contributed by atoms with Gasteiger partial charge in [0, 0.05) is 18.3 Å². The van der Waals surface area contributed by atoms with Gasteiger partial charge >= 0.3 is 0 Å². The van der Waals surface area contributed by atoms with Gasteiger partial charge in [0.15, 0.2) is 5.84 Å². The number of hydrogen-bond acceptors (Lipinski definition) is 4. The van der Waals surface area contributed by atoms with Crippen molar-refractivity contribution in [3.8, 4) is 5.75 Å². The summed E-state index contributed by atoms with van der Waals surface area (Å²) in [6.45, 7) is 0.203. The normalized spacial score (nSPS) is 22.8. The highest BCUT2D eigenvalue weighted by molar-refractivity contribution is 7.90. The lowest BCUT2D eigenvalue weighted by Gasteiger charge is -2.29. The molecule has 5 nitrogen and oxygen atoms in total. The third-order valence-electron chi connectivity index (χ3n) is 4.91. The van der Waals surface area contributed by atoms with E-state index in [2.05, 4.69) is 4.40 Å². The molecule has 7 heteroatoms. The van der Waals surface area contributed by atoms with Crippen molar-refractivity contribution in [2.75, 3.05) is 12.3 Å². The van der Waals surface area contributed by atoms with E-state index in [1.54, 1.807) is 4.90 Å². The lowest BCUT2D eigenvalue weighted by Crippen LogP contribution is -2.38. The molecular formula is C19H21FN2O3S. The Balaban J connectivity index is 1.59. The van der Waals surface area contributed by atoms with Crippen LogP contribution in [0.5, 0.6) is 5.75 Å². The molecule has 0 amide bonds. The van der Waals surface area contributed by atoms with Crippen molar-refractivity contribution in [1.82, 2.24) is 4.90 Å². The van der Waals surface area contributed by atoms with E-state index in [0.29, 0.717) is 11.1 Å². The molecule has 1 aromatic rings. The summed E-state index contributed by atoms with van der Waals surface area (Å²) in [5.74, 6) is 0.532. The Hall–Kier alpha value is -2.15. The maximum absolute atomic E-state index is 14.0. The molecule has 0 spiro atoms. The van der Waals surface area contributed by atoms with Crippen molar-refractivity contribution >= 4 is 21.4 Å². The van der Waals surface area contributed by atoms with Crippen molar-refractivity contribution < 1.29 is 17.5 Å². The fourth-order valence-corrected chi connectivity index (χ4v) is 4.55. The van der Waals surface area contributed by atoms with Crippen molar-refractivity contribution in [1.29, 1.82) is 0 Å². The zero-order valence-corrected chi connectivity index (χ0v) is 15.2. The van der Waals surface area contributed by atoms with Crippen molar-refractivity contribution in [2.24, 2.45) is 4.40 Å². The maximum atomic E-state index is 14.0. The van der Waals surface area contributed by atoms with Gasteiger partial charge in [-0.2, -0.15) is 0 Å². The summed E-state index contributed by atoms with van der Waals surface area (Å²) in [5.41, 5.74) is 1.18. The van der Waals surface area contributed by atoms with E-state index in [1.807, 2.05) is 24.3 Å². The number of ether oxygens (including phenoxy) is 1. The predicted octanol–water partition coefficient (Wildman–Crippen LogP) is 3.65. The van der Waals surface area contributed by atoms with Gasteiger partial charge in [-0.05, 0) is 49.5 Å². The standard InChI is InChI=1S/C19H21FN2O3S/c20-15-12-18(19-21-26(23,24)11-10-22(19)13-15)14-6-8-17(9-7-14)25-16-4-2-1-3-5-16/h6-9,12-13,16H,1-5,10-11H2. The van der Waals surface area contributed by atoms with E-state index in [9.17, 15) is 12.8 Å². The van der Waals surface area contributed by atoms with Gasteiger partial charge in [0.05, 0.1) is 11.9 Å². The van der Waals surface area contributed by atoms with Gasteiger partial charge in [0.2, 0.25) is 0 Å². The number of allylic oxidation sites excluding steroid dienone is 2. The van der Waals surface area contributed by atoms with Gasteiger partial charge in [-0.1, -0.05) is 18.6 Å². The van der Waals surface area contributed by atoms with E-state index in [4.69, 9.17) is 4.74 Å². The van der Waals surface area contributed by atoms with Gasteiger partial charge in [0.1, 0.15) is 11.6 Å². The highest BCUT2D eigenvalue weighted by Gasteiger charge is 2.29. The number of nitrogens with zero attached hydrogens (tertiary/aromatic N) is 2. The van der Waals surface area contributed by atoms with Crippen LogP contribution in [0.4, 0.5) is 4.39 Å². The second-order valence-electron chi connectivity index (χ2n) is 6.87. The number of hydrogen-bond donors (Lipinski definition) is 0. The van der Waals surface area contributed by atoms with Crippen LogP contribution < -0.4 is 4.74 Å². The highest BCUT2D eigenvalue weighted by atomic mass is 32.2. The minimum Gasteiger partial charge on any atom is -0.490 e. The number of benzene rings is 1. The van der Waals surface area contributed by atoms with Crippen LogP contribution in [0, 0.1) is 0 Å². The van der Waals surface area contributed by atoms with E-state index in [-0.39, 0.29) is 24.2 Å². The summed E-state index contributed by atoms with van der Waals surface area (Å²) in [6.07, 6.45) is 8.70. The second kappa shape index (κ2) is 6.87. The molecule has 3 aliphatic rings. The molecule has 0 bridgehead atoms. The van der Waals surface area contributed by atoms with Gasteiger partial charge in [-0.25, -0.2) is 12.8 Å². The number of halogens is 1. The summed E-state index contributed by atoms with van der Waals surface area (Å²) < 4.78 is 47.6. The fraction of sp³-hybridized carbons (Fsp3) is 0.421. The molecule has 26 heavy (non-hydrogen) atoms. The first-order valence-corrected chi connectivity index (χ1v) is 10.6. The van der Waals surface area contributed by atoms with Crippen LogP contribution in [-0.2, 0) is 10.0 Å². The van der Waals surface area contributed by atoms with Crippen LogP contribution in [0.3, 0.4) is 0 Å². The zero-order chi connectivity index (χ0) is 18.1. The lowest BCUT2D eigenvalue weighted by atomic mass is 9.97. The Morgan fingerprint density at radius 1 is 1.12 bits per heavy atom. The van der Waals surface area contributed by atoms with E-state index >= 15 is 0 Å². The Morgan fingerprint density at radius 3 is 2.58 bits per heavy atom. The topological polar surface area (TPSA) is 59.0 Å². The van der Waals surface area contributed by atoms with Crippen LogP contribution in [0.2, 0.25) is 0 Å². The first-order valence-electron chi connectivity index (χ1n) is 8.96. The molecule has 1 aromatic carbocycles. The van der Waals surface area contributed by atoms with Gasteiger partial charge in [-0.15, -0.1) is 4.40 Å². The molecular weight excluding hydrogens is 355 g/mol. The number of rotatable bonds is 3. The first kappa shape index (κ1) is 17.3. The van der Waals surface area contributed by atoms with E-state index in [1.165, 1.54) is 31.5 Å². The second-order valence-corrected chi connectivity index (χ2v) is 8.62. The molecule has 1 saturated carbocycles. The van der Waals surface area contributed by atoms with Crippen LogP contribution in [0.1, 0.15) is 37.7 Å². The molecule has 0 aromatic heterocycles. The number of sulfonamides is 1. The third kappa shape index (κ3) is 3.67. The van der Waals surface area contributed by atoms with E-state index < -0.39 is 15.9 Å². The Bertz CT molecular complexity index is 882. The summed E-state index contributed by atoms with van der Waals surface area (Å²) >= 11 is 0. The number of amidine groups is 1. The molecule has 138 valence electrons. The molecule has 2 aliphatic heterocycles.